The molecule has 86 valence electrons. The predicted molar refractivity (Wildman–Crippen MR) is 62.8 cm³/mol. The first kappa shape index (κ1) is 11.0. The summed E-state index contributed by atoms with van der Waals surface area (Å²) in [5.74, 6) is 0.798. The van der Waals surface area contributed by atoms with Gasteiger partial charge in [0.05, 0.1) is 5.69 Å². The molecule has 0 saturated heterocycles. The van der Waals surface area contributed by atoms with E-state index in [-0.39, 0.29) is 18.6 Å². The van der Waals surface area contributed by atoms with E-state index in [0.29, 0.717) is 0 Å². The van der Waals surface area contributed by atoms with Gasteiger partial charge in [-0.3, -0.25) is 4.79 Å². The molecule has 1 unspecified atom stereocenters. The zero-order valence-corrected chi connectivity index (χ0v) is 9.56. The Balaban J connectivity index is 2.33. The van der Waals surface area contributed by atoms with E-state index in [1.54, 1.807) is 4.90 Å². The molecule has 1 aromatic rings. The Morgan fingerprint density at radius 2 is 2.25 bits per heavy atom. The van der Waals surface area contributed by atoms with E-state index in [9.17, 15) is 4.79 Å². The lowest BCUT2D eigenvalue weighted by molar-refractivity contribution is -0.121. The van der Waals surface area contributed by atoms with Crippen LogP contribution in [0.2, 0.25) is 0 Å². The number of likely N-dealkylation sites (N-methyl/N-ethyl adjacent to an activating group) is 1. The van der Waals surface area contributed by atoms with Crippen molar-refractivity contribution in [2.45, 2.75) is 13.0 Å². The minimum atomic E-state index is 0.0152. The molecule has 1 N–H and O–H groups in total. The van der Waals surface area contributed by atoms with Crippen LogP contribution in [0.15, 0.2) is 24.3 Å². The van der Waals surface area contributed by atoms with Gasteiger partial charge < -0.3 is 15.0 Å². The van der Waals surface area contributed by atoms with Gasteiger partial charge in [-0.05, 0) is 26.1 Å². The molecule has 1 aliphatic rings. The predicted octanol–water partition coefficient (Wildman–Crippen LogP) is 1.02. The first-order valence-corrected chi connectivity index (χ1v) is 5.42. The van der Waals surface area contributed by atoms with Gasteiger partial charge in [0.25, 0.3) is 5.91 Å². The highest BCUT2D eigenvalue weighted by molar-refractivity contribution is 5.98. The van der Waals surface area contributed by atoms with Crippen molar-refractivity contribution in [3.8, 4) is 5.75 Å². The summed E-state index contributed by atoms with van der Waals surface area (Å²) in [5.41, 5.74) is 0.863. The van der Waals surface area contributed by atoms with Crippen LogP contribution in [-0.2, 0) is 4.79 Å². The Labute approximate surface area is 95.2 Å². The average molecular weight is 220 g/mol. The summed E-state index contributed by atoms with van der Waals surface area (Å²) in [4.78, 5) is 13.6. The lowest BCUT2D eigenvalue weighted by Crippen LogP contribution is -2.48. The summed E-state index contributed by atoms with van der Waals surface area (Å²) in [7, 11) is 1.88. The topological polar surface area (TPSA) is 41.6 Å². The molecule has 1 atom stereocenters. The second kappa shape index (κ2) is 4.53. The number of benzene rings is 1. The number of anilines is 1. The molecule has 4 heteroatoms. The standard InChI is InChI=1S/C12H16N2O2/c1-9(7-13-2)14-10-5-3-4-6-11(10)16-8-12(14)15/h3-6,9,13H,7-8H2,1-2H3. The molecule has 16 heavy (non-hydrogen) atoms. The molecule has 1 heterocycles. The molecule has 4 nitrogen and oxygen atoms in total. The van der Waals surface area contributed by atoms with Crippen LogP contribution in [-0.4, -0.2) is 32.1 Å². The molecule has 2 rings (SSSR count). The van der Waals surface area contributed by atoms with Crippen molar-refractivity contribution < 1.29 is 9.53 Å². The summed E-state index contributed by atoms with van der Waals surface area (Å²) < 4.78 is 5.38. The quantitative estimate of drug-likeness (QED) is 0.827. The molecule has 1 aromatic carbocycles. The molecule has 0 aliphatic carbocycles. The minimum absolute atomic E-state index is 0.0152. The van der Waals surface area contributed by atoms with Crippen molar-refractivity contribution >= 4 is 11.6 Å². The van der Waals surface area contributed by atoms with E-state index in [0.717, 1.165) is 18.0 Å². The van der Waals surface area contributed by atoms with Gasteiger partial charge in [0.15, 0.2) is 6.61 Å². The third-order valence-corrected chi connectivity index (χ3v) is 2.68. The van der Waals surface area contributed by atoms with Crippen LogP contribution in [0.25, 0.3) is 0 Å². The van der Waals surface area contributed by atoms with Gasteiger partial charge in [0.1, 0.15) is 5.75 Å². The first-order valence-electron chi connectivity index (χ1n) is 5.42. The van der Waals surface area contributed by atoms with Crippen LogP contribution >= 0.6 is 0 Å². The van der Waals surface area contributed by atoms with E-state index < -0.39 is 0 Å². The highest BCUT2D eigenvalue weighted by Gasteiger charge is 2.28. The summed E-state index contributed by atoms with van der Waals surface area (Å²) in [6, 6.07) is 7.76. The van der Waals surface area contributed by atoms with Crippen molar-refractivity contribution in [3.63, 3.8) is 0 Å². The van der Waals surface area contributed by atoms with Crippen molar-refractivity contribution in [2.24, 2.45) is 0 Å². The fourth-order valence-electron chi connectivity index (χ4n) is 1.99. The zero-order chi connectivity index (χ0) is 11.5. The maximum absolute atomic E-state index is 11.8. The molecule has 1 amide bonds. The molecule has 0 spiro atoms. The Morgan fingerprint density at radius 1 is 1.50 bits per heavy atom. The van der Waals surface area contributed by atoms with Gasteiger partial charge in [-0.25, -0.2) is 0 Å². The number of para-hydroxylation sites is 2. The highest BCUT2D eigenvalue weighted by atomic mass is 16.5. The number of nitrogens with zero attached hydrogens (tertiary/aromatic N) is 1. The number of carbonyl (C=O) groups excluding carboxylic acids is 1. The SMILES string of the molecule is CNCC(C)N1C(=O)COc2ccccc21. The van der Waals surface area contributed by atoms with E-state index in [4.69, 9.17) is 4.74 Å². The molecule has 0 bridgehead atoms. The van der Waals surface area contributed by atoms with Crippen molar-refractivity contribution in [3.05, 3.63) is 24.3 Å². The first-order chi connectivity index (χ1) is 7.74. The van der Waals surface area contributed by atoms with Crippen molar-refractivity contribution in [1.82, 2.24) is 5.32 Å². The molecule has 0 radical (unpaired) electrons. The maximum atomic E-state index is 11.8. The van der Waals surface area contributed by atoms with Gasteiger partial charge in [-0.2, -0.15) is 0 Å². The smallest absolute Gasteiger partial charge is 0.265 e. The average Bonchev–Trinajstić information content (AvgIpc) is 2.29. The second-order valence-electron chi connectivity index (χ2n) is 3.93. The van der Waals surface area contributed by atoms with Gasteiger partial charge in [0.2, 0.25) is 0 Å². The lowest BCUT2D eigenvalue weighted by Gasteiger charge is -2.33. The van der Waals surface area contributed by atoms with Gasteiger partial charge in [-0.15, -0.1) is 0 Å². The Hall–Kier alpha value is -1.55. The number of hydrogen-bond acceptors (Lipinski definition) is 3. The van der Waals surface area contributed by atoms with E-state index in [1.165, 1.54) is 0 Å². The van der Waals surface area contributed by atoms with Crippen LogP contribution in [0.4, 0.5) is 5.69 Å². The second-order valence-corrected chi connectivity index (χ2v) is 3.93. The van der Waals surface area contributed by atoms with Gasteiger partial charge >= 0.3 is 0 Å². The van der Waals surface area contributed by atoms with Crippen molar-refractivity contribution in [2.75, 3.05) is 25.1 Å². The van der Waals surface area contributed by atoms with Crippen LogP contribution < -0.4 is 15.0 Å². The third-order valence-electron chi connectivity index (χ3n) is 2.68. The maximum Gasteiger partial charge on any atom is 0.265 e. The largest absolute Gasteiger partial charge is 0.482 e. The number of hydrogen-bond donors (Lipinski definition) is 1. The number of amides is 1. The number of nitrogens with one attached hydrogen (secondary N) is 1. The number of fused-ring (bicyclic) bond motifs is 1. The minimum Gasteiger partial charge on any atom is -0.482 e. The summed E-state index contributed by atoms with van der Waals surface area (Å²) >= 11 is 0. The number of ether oxygens (including phenoxy) is 1. The van der Waals surface area contributed by atoms with Crippen LogP contribution in [0.3, 0.4) is 0 Å². The van der Waals surface area contributed by atoms with E-state index >= 15 is 0 Å². The molecule has 1 aliphatic heterocycles. The fraction of sp³-hybridized carbons (Fsp3) is 0.417. The molecule has 0 aromatic heterocycles. The van der Waals surface area contributed by atoms with Crippen LogP contribution in [0.5, 0.6) is 5.75 Å². The summed E-state index contributed by atoms with van der Waals surface area (Å²) in [5, 5.41) is 3.08. The van der Waals surface area contributed by atoms with E-state index in [1.807, 2.05) is 38.2 Å². The fourth-order valence-corrected chi connectivity index (χ4v) is 1.99. The van der Waals surface area contributed by atoms with Crippen molar-refractivity contribution in [1.29, 1.82) is 0 Å². The van der Waals surface area contributed by atoms with Crippen LogP contribution in [0, 0.1) is 0 Å². The normalized spacial score (nSPS) is 16.6. The Bertz CT molecular complexity index is 392. The Kier molecular flexibility index (Phi) is 3.10. The third kappa shape index (κ3) is 1.88. The van der Waals surface area contributed by atoms with Gasteiger partial charge in [-0.1, -0.05) is 12.1 Å². The Morgan fingerprint density at radius 3 is 3.00 bits per heavy atom. The number of carbonyl (C=O) groups is 1. The van der Waals surface area contributed by atoms with Crippen LogP contribution in [0.1, 0.15) is 6.92 Å². The lowest BCUT2D eigenvalue weighted by atomic mass is 10.1. The zero-order valence-electron chi connectivity index (χ0n) is 9.56. The summed E-state index contributed by atoms with van der Waals surface area (Å²) in [6.45, 7) is 2.92. The monoisotopic (exact) mass is 220 g/mol. The van der Waals surface area contributed by atoms with Gasteiger partial charge in [0, 0.05) is 12.6 Å². The highest BCUT2D eigenvalue weighted by Crippen LogP contribution is 2.32. The molecule has 0 saturated carbocycles. The molecule has 0 fully saturated rings. The summed E-state index contributed by atoms with van der Waals surface area (Å²) in [6.07, 6.45) is 0. The molecular weight excluding hydrogens is 204 g/mol. The molecular formula is C12H16N2O2. The number of rotatable bonds is 3. The van der Waals surface area contributed by atoms with E-state index in [2.05, 4.69) is 5.32 Å².